The highest BCUT2D eigenvalue weighted by Crippen LogP contribution is 2.74. The summed E-state index contributed by atoms with van der Waals surface area (Å²) in [6.07, 6.45) is 9.18. The summed E-state index contributed by atoms with van der Waals surface area (Å²) in [6, 6.07) is 0. The number of ketones is 1. The van der Waals surface area contributed by atoms with Crippen molar-refractivity contribution in [2.45, 2.75) is 96.9 Å². The minimum atomic E-state index is -0.166. The van der Waals surface area contributed by atoms with Gasteiger partial charge in [0.15, 0.2) is 0 Å². The monoisotopic (exact) mass is 374 g/mol. The first-order valence-electron chi connectivity index (χ1n) is 11.1. The number of esters is 1. The summed E-state index contributed by atoms with van der Waals surface area (Å²) in [7, 11) is 0. The average molecular weight is 375 g/mol. The molecule has 4 saturated carbocycles. The van der Waals surface area contributed by atoms with Crippen molar-refractivity contribution in [2.75, 3.05) is 0 Å². The van der Waals surface area contributed by atoms with Crippen LogP contribution in [-0.2, 0) is 19.1 Å². The van der Waals surface area contributed by atoms with Gasteiger partial charge in [-0.1, -0.05) is 13.8 Å². The quantitative estimate of drug-likeness (QED) is 0.534. The van der Waals surface area contributed by atoms with Crippen LogP contribution in [0.1, 0.15) is 79.1 Å². The Kier molecular flexibility index (Phi) is 3.75. The number of epoxide rings is 1. The minimum absolute atomic E-state index is 0.0274. The van der Waals surface area contributed by atoms with Crippen LogP contribution >= 0.6 is 0 Å². The van der Waals surface area contributed by atoms with Gasteiger partial charge in [-0.2, -0.15) is 0 Å². The van der Waals surface area contributed by atoms with Crippen molar-refractivity contribution in [3.8, 4) is 0 Å². The molecule has 0 amide bonds. The van der Waals surface area contributed by atoms with Gasteiger partial charge in [-0.25, -0.2) is 0 Å². The van der Waals surface area contributed by atoms with E-state index in [0.29, 0.717) is 29.6 Å². The second kappa shape index (κ2) is 5.58. The molecule has 27 heavy (non-hydrogen) atoms. The van der Waals surface area contributed by atoms with Crippen molar-refractivity contribution in [1.29, 1.82) is 0 Å². The van der Waals surface area contributed by atoms with Crippen LogP contribution in [0.2, 0.25) is 0 Å². The molecule has 0 radical (unpaired) electrons. The molecule has 4 aliphatic carbocycles. The molecule has 1 spiro atoms. The van der Waals surface area contributed by atoms with Gasteiger partial charge < -0.3 is 9.47 Å². The number of hydrogen-bond acceptors (Lipinski definition) is 4. The van der Waals surface area contributed by atoms with Crippen molar-refractivity contribution < 1.29 is 19.1 Å². The van der Waals surface area contributed by atoms with E-state index in [2.05, 4.69) is 13.8 Å². The van der Waals surface area contributed by atoms with Gasteiger partial charge >= 0.3 is 5.97 Å². The van der Waals surface area contributed by atoms with E-state index >= 15 is 0 Å². The van der Waals surface area contributed by atoms with E-state index in [-0.39, 0.29) is 34.4 Å². The summed E-state index contributed by atoms with van der Waals surface area (Å²) >= 11 is 0. The third-order valence-electron chi connectivity index (χ3n) is 9.86. The summed E-state index contributed by atoms with van der Waals surface area (Å²) in [4.78, 5) is 23.7. The lowest BCUT2D eigenvalue weighted by molar-refractivity contribution is -0.158. The molecule has 4 nitrogen and oxygen atoms in total. The van der Waals surface area contributed by atoms with Gasteiger partial charge in [0.2, 0.25) is 0 Å². The normalized spacial score (nSPS) is 55.6. The van der Waals surface area contributed by atoms with Crippen LogP contribution in [0.25, 0.3) is 0 Å². The number of ether oxygens (including phenoxy) is 2. The molecule has 150 valence electrons. The van der Waals surface area contributed by atoms with E-state index in [4.69, 9.17) is 9.47 Å². The third kappa shape index (κ3) is 2.25. The zero-order valence-corrected chi connectivity index (χ0v) is 17.3. The Balaban J connectivity index is 1.42. The van der Waals surface area contributed by atoms with Crippen LogP contribution in [0.5, 0.6) is 0 Å². The summed E-state index contributed by atoms with van der Waals surface area (Å²) in [5.74, 6) is 2.57. The second-order valence-corrected chi connectivity index (χ2v) is 10.8. The first-order chi connectivity index (χ1) is 12.7. The Morgan fingerprint density at radius 1 is 1.00 bits per heavy atom. The molecule has 0 aromatic carbocycles. The number of Topliss-reactive ketones (excluding diaryl/α,β-unsaturated/α-hetero) is 1. The highest BCUT2D eigenvalue weighted by Gasteiger charge is 2.76. The SMILES string of the molecule is CC(=O)O[C@@H]1CC[C@]2(C)[C@@H]3CC[C@]4(C)[C@H](C(C)=O)CC[C@H]4[C@@H]3C[C@@H]3O[C@@]32C1. The molecule has 5 rings (SSSR count). The summed E-state index contributed by atoms with van der Waals surface area (Å²) in [5, 5.41) is 0. The molecule has 5 aliphatic rings. The van der Waals surface area contributed by atoms with Gasteiger partial charge in [0.05, 0.1) is 6.10 Å². The van der Waals surface area contributed by atoms with Crippen LogP contribution in [0.4, 0.5) is 0 Å². The zero-order chi connectivity index (χ0) is 19.2. The van der Waals surface area contributed by atoms with E-state index in [1.807, 2.05) is 0 Å². The van der Waals surface area contributed by atoms with E-state index in [0.717, 1.165) is 32.1 Å². The maximum atomic E-state index is 12.3. The van der Waals surface area contributed by atoms with Gasteiger partial charge in [-0.3, -0.25) is 9.59 Å². The van der Waals surface area contributed by atoms with E-state index in [1.54, 1.807) is 6.92 Å². The predicted molar refractivity (Wildman–Crippen MR) is 101 cm³/mol. The van der Waals surface area contributed by atoms with Crippen LogP contribution in [0.15, 0.2) is 0 Å². The average Bonchev–Trinajstić information content (AvgIpc) is 3.15. The number of hydrogen-bond donors (Lipinski definition) is 0. The van der Waals surface area contributed by atoms with Gasteiger partial charge in [0, 0.05) is 24.7 Å². The first-order valence-corrected chi connectivity index (χ1v) is 11.1. The van der Waals surface area contributed by atoms with Crippen LogP contribution < -0.4 is 0 Å². The van der Waals surface area contributed by atoms with E-state index in [9.17, 15) is 9.59 Å². The largest absolute Gasteiger partial charge is 0.462 e. The molecule has 0 bridgehead atoms. The van der Waals surface area contributed by atoms with Gasteiger partial charge in [-0.05, 0) is 75.0 Å². The Labute approximate surface area is 162 Å². The molecule has 4 heteroatoms. The minimum Gasteiger partial charge on any atom is -0.462 e. The fourth-order valence-electron chi connectivity index (χ4n) is 8.64. The Morgan fingerprint density at radius 2 is 1.78 bits per heavy atom. The zero-order valence-electron chi connectivity index (χ0n) is 17.3. The van der Waals surface area contributed by atoms with Gasteiger partial charge in [-0.15, -0.1) is 0 Å². The topological polar surface area (TPSA) is 55.9 Å². The fourth-order valence-corrected chi connectivity index (χ4v) is 8.64. The Hall–Kier alpha value is -0.900. The molecule has 1 saturated heterocycles. The van der Waals surface area contributed by atoms with Crippen molar-refractivity contribution in [1.82, 2.24) is 0 Å². The molecule has 0 N–H and O–H groups in total. The maximum Gasteiger partial charge on any atom is 0.302 e. The van der Waals surface area contributed by atoms with Crippen LogP contribution in [-0.4, -0.2) is 29.6 Å². The highest BCUT2D eigenvalue weighted by molar-refractivity contribution is 5.79. The molecule has 1 heterocycles. The van der Waals surface area contributed by atoms with Crippen molar-refractivity contribution in [2.24, 2.45) is 34.5 Å². The van der Waals surface area contributed by atoms with Crippen LogP contribution in [0, 0.1) is 34.5 Å². The number of rotatable bonds is 2. The molecule has 0 aromatic heterocycles. The lowest BCUT2D eigenvalue weighted by atomic mass is 9.44. The standard InChI is InChI=1S/C23H34O4/c1-13(24)17-5-6-18-16-11-20-23(27-20)12-15(26-14(2)25)7-10-22(23,4)19(16)8-9-21(17,18)3/h15-20H,5-12H2,1-4H3/t15-,16+,17+,18+,19-,20+,21-,22-,23+/m1/s1. The first kappa shape index (κ1) is 18.1. The fraction of sp³-hybridized carbons (Fsp3) is 0.913. The Morgan fingerprint density at radius 3 is 2.48 bits per heavy atom. The molecule has 9 atom stereocenters. The number of carbonyl (C=O) groups excluding carboxylic acids is 2. The van der Waals surface area contributed by atoms with Crippen LogP contribution in [0.3, 0.4) is 0 Å². The lowest BCUT2D eigenvalue weighted by Gasteiger charge is -2.59. The summed E-state index contributed by atoms with van der Waals surface area (Å²) in [6.45, 7) is 8.19. The highest BCUT2D eigenvalue weighted by atomic mass is 16.6. The Bertz CT molecular complexity index is 688. The molecule has 0 aromatic rings. The van der Waals surface area contributed by atoms with Gasteiger partial charge in [0.1, 0.15) is 17.5 Å². The molecule has 1 aliphatic heterocycles. The number of carbonyl (C=O) groups is 2. The lowest BCUT2D eigenvalue weighted by Crippen LogP contribution is -2.59. The maximum absolute atomic E-state index is 12.3. The smallest absolute Gasteiger partial charge is 0.302 e. The summed E-state index contributed by atoms with van der Waals surface area (Å²) in [5.41, 5.74) is 0.346. The summed E-state index contributed by atoms with van der Waals surface area (Å²) < 4.78 is 12.1. The van der Waals surface area contributed by atoms with Crippen molar-refractivity contribution in [3.05, 3.63) is 0 Å². The van der Waals surface area contributed by atoms with E-state index in [1.165, 1.54) is 26.2 Å². The second-order valence-electron chi connectivity index (χ2n) is 10.8. The molecular weight excluding hydrogens is 340 g/mol. The molecule has 5 fully saturated rings. The molecule has 0 unspecified atom stereocenters. The van der Waals surface area contributed by atoms with Crippen molar-refractivity contribution >= 4 is 11.8 Å². The predicted octanol–water partition coefficient (Wildman–Crippen LogP) is 4.30. The van der Waals surface area contributed by atoms with E-state index < -0.39 is 0 Å². The number of fused-ring (bicyclic) bond motifs is 4. The molecular formula is C23H34O4. The third-order valence-corrected chi connectivity index (χ3v) is 9.86. The van der Waals surface area contributed by atoms with Gasteiger partial charge in [0.25, 0.3) is 0 Å². The van der Waals surface area contributed by atoms with Crippen molar-refractivity contribution in [3.63, 3.8) is 0 Å².